The molecule has 0 aliphatic carbocycles. The SMILES string of the molecule is CN(CCN)c1cc([N+](=O)[O-])ccn1. The average Bonchev–Trinajstić information content (AvgIpc) is 2.18. The van der Waals surface area contributed by atoms with Crippen LogP contribution in [-0.2, 0) is 0 Å². The van der Waals surface area contributed by atoms with Crippen LogP contribution in [0.1, 0.15) is 0 Å². The van der Waals surface area contributed by atoms with Crippen LogP contribution >= 0.6 is 0 Å². The summed E-state index contributed by atoms with van der Waals surface area (Å²) in [5, 5.41) is 10.5. The molecule has 1 aromatic heterocycles. The molecule has 0 saturated heterocycles. The highest BCUT2D eigenvalue weighted by Crippen LogP contribution is 2.16. The fourth-order valence-corrected chi connectivity index (χ4v) is 1.04. The lowest BCUT2D eigenvalue weighted by molar-refractivity contribution is -0.384. The number of likely N-dealkylation sites (N-methyl/N-ethyl adjacent to an activating group) is 1. The van der Waals surface area contributed by atoms with Crippen molar-refractivity contribution >= 4 is 11.5 Å². The number of hydrogen-bond donors (Lipinski definition) is 1. The molecule has 0 unspecified atom stereocenters. The van der Waals surface area contributed by atoms with Gasteiger partial charge in [-0.25, -0.2) is 4.98 Å². The van der Waals surface area contributed by atoms with Gasteiger partial charge in [0.25, 0.3) is 5.69 Å². The minimum absolute atomic E-state index is 0.0406. The number of pyridine rings is 1. The fraction of sp³-hybridized carbons (Fsp3) is 0.375. The Morgan fingerprint density at radius 3 is 3.00 bits per heavy atom. The Morgan fingerprint density at radius 2 is 2.43 bits per heavy atom. The number of nitrogens with two attached hydrogens (primary N) is 1. The summed E-state index contributed by atoms with van der Waals surface area (Å²) in [6, 6.07) is 2.79. The van der Waals surface area contributed by atoms with Crippen molar-refractivity contribution in [3.05, 3.63) is 28.4 Å². The van der Waals surface area contributed by atoms with Crippen molar-refractivity contribution in [2.75, 3.05) is 25.0 Å². The van der Waals surface area contributed by atoms with E-state index in [0.717, 1.165) is 0 Å². The second-order valence-corrected chi connectivity index (χ2v) is 2.84. The van der Waals surface area contributed by atoms with Crippen LogP contribution in [0, 0.1) is 10.1 Å². The molecule has 1 rings (SSSR count). The first-order chi connectivity index (χ1) is 6.65. The molecule has 6 nitrogen and oxygen atoms in total. The third kappa shape index (κ3) is 2.40. The van der Waals surface area contributed by atoms with E-state index in [1.807, 2.05) is 0 Å². The molecule has 0 aromatic carbocycles. The van der Waals surface area contributed by atoms with Crippen molar-refractivity contribution in [3.8, 4) is 0 Å². The molecule has 2 N–H and O–H groups in total. The second-order valence-electron chi connectivity index (χ2n) is 2.84. The lowest BCUT2D eigenvalue weighted by atomic mass is 10.4. The normalized spacial score (nSPS) is 9.86. The van der Waals surface area contributed by atoms with Crippen molar-refractivity contribution < 1.29 is 4.92 Å². The van der Waals surface area contributed by atoms with E-state index < -0.39 is 4.92 Å². The summed E-state index contributed by atoms with van der Waals surface area (Å²) >= 11 is 0. The number of hydrogen-bond acceptors (Lipinski definition) is 5. The maximum Gasteiger partial charge on any atom is 0.274 e. The van der Waals surface area contributed by atoms with Crippen LogP contribution in [0.3, 0.4) is 0 Å². The Balaban J connectivity index is 2.87. The molecule has 0 atom stereocenters. The van der Waals surface area contributed by atoms with Crippen molar-refractivity contribution in [3.63, 3.8) is 0 Å². The van der Waals surface area contributed by atoms with Gasteiger partial charge in [0.1, 0.15) is 5.82 Å². The van der Waals surface area contributed by atoms with Gasteiger partial charge < -0.3 is 10.6 Å². The molecule has 0 amide bonds. The van der Waals surface area contributed by atoms with E-state index in [1.54, 1.807) is 11.9 Å². The van der Waals surface area contributed by atoms with Gasteiger partial charge in [-0.1, -0.05) is 0 Å². The molecule has 0 spiro atoms. The van der Waals surface area contributed by atoms with Crippen LogP contribution in [0.15, 0.2) is 18.3 Å². The molecule has 0 saturated carbocycles. The van der Waals surface area contributed by atoms with Crippen LogP contribution in [0.5, 0.6) is 0 Å². The molecule has 0 aliphatic rings. The first-order valence-electron chi connectivity index (χ1n) is 4.17. The predicted molar refractivity (Wildman–Crippen MR) is 53.2 cm³/mol. The second kappa shape index (κ2) is 4.52. The summed E-state index contributed by atoms with van der Waals surface area (Å²) in [4.78, 5) is 15.8. The van der Waals surface area contributed by atoms with Crippen LogP contribution in [0.2, 0.25) is 0 Å². The molecular weight excluding hydrogens is 184 g/mol. The van der Waals surface area contributed by atoms with Crippen LogP contribution in [0.25, 0.3) is 0 Å². The molecule has 1 aromatic rings. The van der Waals surface area contributed by atoms with Gasteiger partial charge in [0.15, 0.2) is 0 Å². The van der Waals surface area contributed by atoms with Gasteiger partial charge in [-0.3, -0.25) is 10.1 Å². The highest BCUT2D eigenvalue weighted by Gasteiger charge is 2.08. The smallest absolute Gasteiger partial charge is 0.274 e. The average molecular weight is 196 g/mol. The molecule has 0 aliphatic heterocycles. The maximum atomic E-state index is 10.5. The van der Waals surface area contributed by atoms with Gasteiger partial charge in [0.05, 0.1) is 11.0 Å². The molecule has 0 radical (unpaired) electrons. The van der Waals surface area contributed by atoms with Crippen LogP contribution < -0.4 is 10.6 Å². The minimum Gasteiger partial charge on any atom is -0.358 e. The Morgan fingerprint density at radius 1 is 1.71 bits per heavy atom. The minimum atomic E-state index is -0.443. The van der Waals surface area contributed by atoms with E-state index in [9.17, 15) is 10.1 Å². The molecule has 6 heteroatoms. The first kappa shape index (κ1) is 10.4. The van der Waals surface area contributed by atoms with E-state index in [4.69, 9.17) is 5.73 Å². The molecule has 0 bridgehead atoms. The Bertz CT molecular complexity index is 329. The van der Waals surface area contributed by atoms with Gasteiger partial charge in [-0.2, -0.15) is 0 Å². The zero-order valence-corrected chi connectivity index (χ0v) is 7.88. The molecule has 14 heavy (non-hydrogen) atoms. The standard InChI is InChI=1S/C8H12N4O2/c1-11(5-3-9)8-6-7(12(13)14)2-4-10-8/h2,4,6H,3,5,9H2,1H3. The van der Waals surface area contributed by atoms with E-state index in [2.05, 4.69) is 4.98 Å². The van der Waals surface area contributed by atoms with Gasteiger partial charge in [0.2, 0.25) is 0 Å². The number of rotatable bonds is 4. The largest absolute Gasteiger partial charge is 0.358 e. The Kier molecular flexibility index (Phi) is 3.35. The highest BCUT2D eigenvalue weighted by molar-refractivity contribution is 5.45. The maximum absolute atomic E-state index is 10.5. The van der Waals surface area contributed by atoms with Crippen molar-refractivity contribution in [2.45, 2.75) is 0 Å². The first-order valence-corrected chi connectivity index (χ1v) is 4.17. The molecular formula is C8H12N4O2. The summed E-state index contributed by atoms with van der Waals surface area (Å²) in [7, 11) is 1.79. The van der Waals surface area contributed by atoms with E-state index >= 15 is 0 Å². The zero-order chi connectivity index (χ0) is 10.6. The molecule has 0 fully saturated rings. The summed E-state index contributed by atoms with van der Waals surface area (Å²) < 4.78 is 0. The van der Waals surface area contributed by atoms with Crippen molar-refractivity contribution in [1.82, 2.24) is 4.98 Å². The lowest BCUT2D eigenvalue weighted by Crippen LogP contribution is -2.25. The third-order valence-electron chi connectivity index (χ3n) is 1.80. The van der Waals surface area contributed by atoms with Gasteiger partial charge in [-0.05, 0) is 0 Å². The number of anilines is 1. The third-order valence-corrected chi connectivity index (χ3v) is 1.80. The number of nitrogens with zero attached hydrogens (tertiary/aromatic N) is 3. The quantitative estimate of drug-likeness (QED) is 0.556. The van der Waals surface area contributed by atoms with Crippen LogP contribution in [0.4, 0.5) is 11.5 Å². The monoisotopic (exact) mass is 196 g/mol. The number of nitro groups is 1. The molecule has 1 heterocycles. The van der Waals surface area contributed by atoms with E-state index in [0.29, 0.717) is 18.9 Å². The number of aromatic nitrogens is 1. The zero-order valence-electron chi connectivity index (χ0n) is 7.88. The summed E-state index contributed by atoms with van der Waals surface area (Å²) in [5.41, 5.74) is 5.40. The van der Waals surface area contributed by atoms with Gasteiger partial charge in [0, 0.05) is 32.4 Å². The van der Waals surface area contributed by atoms with Gasteiger partial charge >= 0.3 is 0 Å². The summed E-state index contributed by atoms with van der Waals surface area (Å²) in [5.74, 6) is 0.560. The summed E-state index contributed by atoms with van der Waals surface area (Å²) in [6.07, 6.45) is 1.42. The topological polar surface area (TPSA) is 85.3 Å². The Labute approximate surface area is 81.5 Å². The van der Waals surface area contributed by atoms with E-state index in [1.165, 1.54) is 18.3 Å². The van der Waals surface area contributed by atoms with Crippen molar-refractivity contribution in [2.24, 2.45) is 5.73 Å². The van der Waals surface area contributed by atoms with Crippen LogP contribution in [-0.4, -0.2) is 30.0 Å². The van der Waals surface area contributed by atoms with E-state index in [-0.39, 0.29) is 5.69 Å². The highest BCUT2D eigenvalue weighted by atomic mass is 16.6. The predicted octanol–water partition coefficient (Wildman–Crippen LogP) is 0.385. The Hall–Kier alpha value is -1.69. The van der Waals surface area contributed by atoms with Gasteiger partial charge in [-0.15, -0.1) is 0 Å². The molecule has 76 valence electrons. The van der Waals surface area contributed by atoms with Crippen molar-refractivity contribution in [1.29, 1.82) is 0 Å². The fourth-order valence-electron chi connectivity index (χ4n) is 1.04. The lowest BCUT2D eigenvalue weighted by Gasteiger charge is -2.15. The summed E-state index contributed by atoms with van der Waals surface area (Å²) in [6.45, 7) is 1.11.